The molecule has 1 atom stereocenters. The van der Waals surface area contributed by atoms with Crippen molar-refractivity contribution in [3.63, 3.8) is 0 Å². The number of carbonyl (C=O) groups excluding carboxylic acids is 1. The second-order valence-corrected chi connectivity index (χ2v) is 6.19. The molecule has 0 heterocycles. The Morgan fingerprint density at radius 3 is 2.38 bits per heavy atom. The summed E-state index contributed by atoms with van der Waals surface area (Å²) in [7, 11) is 0. The van der Waals surface area contributed by atoms with Crippen LogP contribution in [-0.2, 0) is 10.5 Å². The summed E-state index contributed by atoms with van der Waals surface area (Å²) < 4.78 is 0. The lowest BCUT2D eigenvalue weighted by atomic mass is 10.1. The molecule has 2 aromatic rings. The number of amides is 1. The van der Waals surface area contributed by atoms with Crippen molar-refractivity contribution in [3.05, 3.63) is 71.3 Å². The monoisotopic (exact) mass is 299 g/mol. The second-order valence-electron chi connectivity index (χ2n) is 5.16. The van der Waals surface area contributed by atoms with Crippen LogP contribution in [-0.4, -0.2) is 11.7 Å². The van der Waals surface area contributed by atoms with Crippen LogP contribution in [0.3, 0.4) is 0 Å². The van der Waals surface area contributed by atoms with Crippen LogP contribution in [0.2, 0.25) is 0 Å². The van der Waals surface area contributed by atoms with Gasteiger partial charge in [0.25, 0.3) is 0 Å². The number of carbonyl (C=O) groups is 1. The minimum absolute atomic E-state index is 0.0137. The highest BCUT2D eigenvalue weighted by molar-refractivity contribution is 7.98. The van der Waals surface area contributed by atoms with Crippen molar-refractivity contribution in [2.45, 2.75) is 25.6 Å². The molecule has 0 bridgehead atoms. The van der Waals surface area contributed by atoms with Crippen LogP contribution in [0.15, 0.2) is 54.6 Å². The summed E-state index contributed by atoms with van der Waals surface area (Å²) in [5.41, 5.74) is 3.76. The van der Waals surface area contributed by atoms with Gasteiger partial charge in [0.1, 0.15) is 0 Å². The van der Waals surface area contributed by atoms with Crippen molar-refractivity contribution in [2.75, 3.05) is 5.75 Å². The third-order valence-electron chi connectivity index (χ3n) is 3.25. The summed E-state index contributed by atoms with van der Waals surface area (Å²) >= 11 is 1.84. The lowest BCUT2D eigenvalue weighted by molar-refractivity contribution is -0.119. The fraction of sp³-hybridized carbons (Fsp3) is 0.278. The Labute approximate surface area is 131 Å². The second kappa shape index (κ2) is 7.89. The Balaban J connectivity index is 1.93. The van der Waals surface area contributed by atoms with Gasteiger partial charge in [-0.3, -0.25) is 4.79 Å². The Kier molecular flexibility index (Phi) is 5.88. The molecule has 3 heteroatoms. The van der Waals surface area contributed by atoms with Gasteiger partial charge >= 0.3 is 0 Å². The molecule has 0 saturated carbocycles. The fourth-order valence-corrected chi connectivity index (χ4v) is 3.19. The van der Waals surface area contributed by atoms with E-state index in [4.69, 9.17) is 0 Å². The first-order valence-corrected chi connectivity index (χ1v) is 8.26. The van der Waals surface area contributed by atoms with Crippen LogP contribution in [0.1, 0.15) is 29.7 Å². The quantitative estimate of drug-likeness (QED) is 0.870. The molecule has 110 valence electrons. The van der Waals surface area contributed by atoms with Crippen molar-refractivity contribution < 1.29 is 4.79 Å². The fourth-order valence-electron chi connectivity index (χ4n) is 2.13. The van der Waals surface area contributed by atoms with Crippen molar-refractivity contribution >= 4 is 17.7 Å². The van der Waals surface area contributed by atoms with Crippen LogP contribution in [0.5, 0.6) is 0 Å². The van der Waals surface area contributed by atoms with E-state index in [2.05, 4.69) is 48.6 Å². The molecule has 0 aliphatic heterocycles. The number of benzene rings is 2. The van der Waals surface area contributed by atoms with E-state index in [9.17, 15) is 4.79 Å². The first kappa shape index (κ1) is 15.6. The lowest BCUT2D eigenvalue weighted by Gasteiger charge is -2.18. The predicted octanol–water partition coefficient (Wildman–Crippen LogP) is 4.11. The average molecular weight is 299 g/mol. The van der Waals surface area contributed by atoms with Gasteiger partial charge in [-0.2, -0.15) is 11.8 Å². The first-order valence-electron chi connectivity index (χ1n) is 7.10. The average Bonchev–Trinajstić information content (AvgIpc) is 2.49. The zero-order valence-corrected chi connectivity index (χ0v) is 13.3. The largest absolute Gasteiger partial charge is 0.349 e. The van der Waals surface area contributed by atoms with Gasteiger partial charge in [0, 0.05) is 18.4 Å². The van der Waals surface area contributed by atoms with Crippen LogP contribution in [0.4, 0.5) is 0 Å². The lowest BCUT2D eigenvalue weighted by Crippen LogP contribution is -2.27. The van der Waals surface area contributed by atoms with E-state index in [1.165, 1.54) is 11.1 Å². The number of aryl methyl sites for hydroxylation is 1. The summed E-state index contributed by atoms with van der Waals surface area (Å²) in [6.07, 6.45) is 0. The normalized spacial score (nSPS) is 11.9. The smallest absolute Gasteiger partial charge is 0.217 e. The molecule has 2 rings (SSSR count). The molecular formula is C18H21NOS. The van der Waals surface area contributed by atoms with Gasteiger partial charge in [0.05, 0.1) is 6.04 Å². The van der Waals surface area contributed by atoms with Crippen LogP contribution >= 0.6 is 11.8 Å². The van der Waals surface area contributed by atoms with E-state index in [1.54, 1.807) is 6.92 Å². The minimum Gasteiger partial charge on any atom is -0.349 e. The van der Waals surface area contributed by atoms with Gasteiger partial charge in [-0.25, -0.2) is 0 Å². The maximum Gasteiger partial charge on any atom is 0.217 e. The Morgan fingerprint density at radius 1 is 1.10 bits per heavy atom. The molecule has 2 nitrogen and oxygen atoms in total. The summed E-state index contributed by atoms with van der Waals surface area (Å²) in [4.78, 5) is 11.4. The van der Waals surface area contributed by atoms with Crippen molar-refractivity contribution in [2.24, 2.45) is 0 Å². The summed E-state index contributed by atoms with van der Waals surface area (Å²) in [6.45, 7) is 3.67. The van der Waals surface area contributed by atoms with E-state index in [1.807, 2.05) is 30.0 Å². The van der Waals surface area contributed by atoms with Crippen molar-refractivity contribution in [1.82, 2.24) is 5.32 Å². The molecule has 0 aliphatic carbocycles. The highest BCUT2D eigenvalue weighted by atomic mass is 32.2. The molecule has 0 fully saturated rings. The summed E-state index contributed by atoms with van der Waals surface area (Å²) in [6, 6.07) is 18.8. The number of thioether (sulfide) groups is 1. The van der Waals surface area contributed by atoms with E-state index in [0.717, 1.165) is 17.1 Å². The summed E-state index contributed by atoms with van der Waals surface area (Å²) in [5, 5.41) is 3.03. The molecule has 0 spiro atoms. The molecule has 21 heavy (non-hydrogen) atoms. The maximum absolute atomic E-state index is 11.4. The molecule has 1 N–H and O–H groups in total. The van der Waals surface area contributed by atoms with Gasteiger partial charge in [-0.05, 0) is 18.1 Å². The Bertz CT molecular complexity index is 566. The zero-order valence-electron chi connectivity index (χ0n) is 12.5. The molecule has 0 saturated heterocycles. The van der Waals surface area contributed by atoms with Gasteiger partial charge in [0.15, 0.2) is 0 Å². The molecule has 0 radical (unpaired) electrons. The number of hydrogen-bond donors (Lipinski definition) is 1. The van der Waals surface area contributed by atoms with Gasteiger partial charge in [0.2, 0.25) is 5.91 Å². The molecule has 0 aliphatic rings. The van der Waals surface area contributed by atoms with Gasteiger partial charge < -0.3 is 5.32 Å². The zero-order chi connectivity index (χ0) is 15.1. The van der Waals surface area contributed by atoms with E-state index in [-0.39, 0.29) is 11.9 Å². The summed E-state index contributed by atoms with van der Waals surface area (Å²) in [5.74, 6) is 1.85. The third-order valence-corrected chi connectivity index (χ3v) is 4.36. The van der Waals surface area contributed by atoms with Crippen LogP contribution in [0.25, 0.3) is 0 Å². The molecule has 0 aromatic heterocycles. The van der Waals surface area contributed by atoms with Crippen LogP contribution in [0, 0.1) is 6.92 Å². The topological polar surface area (TPSA) is 29.1 Å². The van der Waals surface area contributed by atoms with Gasteiger partial charge in [-0.1, -0.05) is 60.2 Å². The highest BCUT2D eigenvalue weighted by Gasteiger charge is 2.12. The van der Waals surface area contributed by atoms with Gasteiger partial charge in [-0.15, -0.1) is 0 Å². The Hall–Kier alpha value is -1.74. The highest BCUT2D eigenvalue weighted by Crippen LogP contribution is 2.21. The third kappa shape index (κ3) is 5.27. The molecular weight excluding hydrogens is 278 g/mol. The van der Waals surface area contributed by atoms with Crippen molar-refractivity contribution in [3.8, 4) is 0 Å². The van der Waals surface area contributed by atoms with Crippen molar-refractivity contribution in [1.29, 1.82) is 0 Å². The number of nitrogens with one attached hydrogen (secondary N) is 1. The van der Waals surface area contributed by atoms with Crippen LogP contribution < -0.4 is 5.32 Å². The Morgan fingerprint density at radius 2 is 1.76 bits per heavy atom. The maximum atomic E-state index is 11.4. The van der Waals surface area contributed by atoms with E-state index in [0.29, 0.717) is 0 Å². The molecule has 1 amide bonds. The number of hydrogen-bond acceptors (Lipinski definition) is 2. The molecule has 2 aromatic carbocycles. The first-order chi connectivity index (χ1) is 10.1. The standard InChI is InChI=1S/C18H21NOS/c1-14-8-10-16(11-9-14)12-21-13-18(19-15(2)20)17-6-4-3-5-7-17/h3-11,18H,12-13H2,1-2H3,(H,19,20). The minimum atomic E-state index is 0.0137. The number of rotatable bonds is 6. The van der Waals surface area contributed by atoms with E-state index < -0.39 is 0 Å². The SMILES string of the molecule is CC(=O)NC(CSCc1ccc(C)cc1)c1ccccc1. The molecule has 1 unspecified atom stereocenters. The van der Waals surface area contributed by atoms with E-state index >= 15 is 0 Å². The predicted molar refractivity (Wildman–Crippen MR) is 90.3 cm³/mol.